The molecule has 0 amide bonds. The van der Waals surface area contributed by atoms with E-state index in [1.807, 2.05) is 0 Å². The summed E-state index contributed by atoms with van der Waals surface area (Å²) in [5.41, 5.74) is 6.35. The van der Waals surface area contributed by atoms with Gasteiger partial charge in [0.1, 0.15) is 0 Å². The van der Waals surface area contributed by atoms with Gasteiger partial charge >= 0.3 is 0 Å². The van der Waals surface area contributed by atoms with Gasteiger partial charge in [0.05, 0.1) is 4.90 Å². The van der Waals surface area contributed by atoms with E-state index in [0.717, 1.165) is 5.56 Å². The van der Waals surface area contributed by atoms with E-state index in [1.54, 1.807) is 19.1 Å². The van der Waals surface area contributed by atoms with Crippen LogP contribution in [0.4, 0.5) is 0 Å². The molecule has 1 atom stereocenters. The molecule has 4 N–H and O–H groups in total. The van der Waals surface area contributed by atoms with Crippen LogP contribution >= 0.6 is 12.4 Å². The minimum atomic E-state index is -3.61. The number of hydrogen-bond donors (Lipinski definition) is 2. The molecule has 0 aliphatic heterocycles. The highest BCUT2D eigenvalue weighted by atomic mass is 35.5. The van der Waals surface area contributed by atoms with Crippen molar-refractivity contribution < 1.29 is 8.42 Å². The number of halogens is 1. The van der Waals surface area contributed by atoms with Crippen LogP contribution in [0.5, 0.6) is 0 Å². The number of sulfonamides is 1. The summed E-state index contributed by atoms with van der Waals surface area (Å²) in [6.45, 7) is 1.78. The molecule has 0 saturated heterocycles. The van der Waals surface area contributed by atoms with Crippen molar-refractivity contribution in [1.29, 1.82) is 0 Å². The Balaban J connectivity index is 0.00000169. The first-order valence-corrected chi connectivity index (χ1v) is 5.34. The van der Waals surface area contributed by atoms with Crippen LogP contribution in [0.2, 0.25) is 0 Å². The van der Waals surface area contributed by atoms with Gasteiger partial charge in [0.15, 0.2) is 0 Å². The summed E-state index contributed by atoms with van der Waals surface area (Å²) in [6, 6.07) is 6.13. The maximum absolute atomic E-state index is 10.9. The molecular formula is C8H13ClN2O2S. The Morgan fingerprint density at radius 3 is 2.36 bits per heavy atom. The van der Waals surface area contributed by atoms with E-state index in [2.05, 4.69) is 0 Å². The number of rotatable bonds is 2. The summed E-state index contributed by atoms with van der Waals surface area (Å²) < 4.78 is 21.9. The van der Waals surface area contributed by atoms with Gasteiger partial charge in [0.25, 0.3) is 0 Å². The molecule has 1 rings (SSSR count). The average molecular weight is 237 g/mol. The minimum absolute atomic E-state index is 0. The second kappa shape index (κ2) is 4.75. The van der Waals surface area contributed by atoms with E-state index in [9.17, 15) is 8.42 Å². The molecule has 0 heterocycles. The maximum atomic E-state index is 10.9. The van der Waals surface area contributed by atoms with Crippen LogP contribution in [-0.4, -0.2) is 8.42 Å². The summed E-state index contributed by atoms with van der Waals surface area (Å²) >= 11 is 0. The standard InChI is InChI=1S/C8H12N2O2S.ClH/c1-6(9)7-3-2-4-8(5-7)13(10,11)12;/h2-6H,9H2,1H3,(H2,10,11,12);1H/t6-;/m0./s1. The number of hydrogen-bond acceptors (Lipinski definition) is 3. The van der Waals surface area contributed by atoms with Crippen molar-refractivity contribution in [2.24, 2.45) is 10.9 Å². The summed E-state index contributed by atoms with van der Waals surface area (Å²) in [7, 11) is -3.61. The Morgan fingerprint density at radius 1 is 1.36 bits per heavy atom. The second-order valence-electron chi connectivity index (χ2n) is 2.91. The summed E-state index contributed by atoms with van der Waals surface area (Å²) in [5, 5.41) is 4.96. The molecule has 80 valence electrons. The monoisotopic (exact) mass is 236 g/mol. The van der Waals surface area contributed by atoms with Gasteiger partial charge in [-0.25, -0.2) is 13.6 Å². The van der Waals surface area contributed by atoms with E-state index >= 15 is 0 Å². The third-order valence-electron chi connectivity index (χ3n) is 1.71. The molecule has 14 heavy (non-hydrogen) atoms. The molecule has 0 radical (unpaired) electrons. The number of benzene rings is 1. The lowest BCUT2D eigenvalue weighted by Gasteiger charge is -2.06. The Morgan fingerprint density at radius 2 is 1.93 bits per heavy atom. The van der Waals surface area contributed by atoms with E-state index in [4.69, 9.17) is 10.9 Å². The van der Waals surface area contributed by atoms with Gasteiger partial charge in [-0.2, -0.15) is 0 Å². The molecule has 6 heteroatoms. The lowest BCUT2D eigenvalue weighted by atomic mass is 10.1. The van der Waals surface area contributed by atoms with Crippen molar-refractivity contribution in [2.45, 2.75) is 17.9 Å². The molecule has 1 aromatic carbocycles. The third-order valence-corrected chi connectivity index (χ3v) is 2.62. The van der Waals surface area contributed by atoms with Crippen LogP contribution in [-0.2, 0) is 10.0 Å². The normalized spacial score (nSPS) is 13.1. The van der Waals surface area contributed by atoms with Crippen LogP contribution in [0, 0.1) is 0 Å². The first-order chi connectivity index (χ1) is 5.91. The molecule has 0 unspecified atom stereocenters. The van der Waals surface area contributed by atoms with Crippen LogP contribution in [0.3, 0.4) is 0 Å². The zero-order valence-electron chi connectivity index (χ0n) is 7.67. The highest BCUT2D eigenvalue weighted by Crippen LogP contribution is 2.14. The van der Waals surface area contributed by atoms with Gasteiger partial charge in [-0.1, -0.05) is 12.1 Å². The molecule has 0 aromatic heterocycles. The Hall–Kier alpha value is -0.620. The van der Waals surface area contributed by atoms with Crippen molar-refractivity contribution in [3.63, 3.8) is 0 Å². The van der Waals surface area contributed by atoms with E-state index in [0.29, 0.717) is 0 Å². The van der Waals surface area contributed by atoms with Gasteiger partial charge in [0.2, 0.25) is 10.0 Å². The third kappa shape index (κ3) is 3.26. The zero-order valence-corrected chi connectivity index (χ0v) is 9.31. The van der Waals surface area contributed by atoms with Gasteiger partial charge in [-0.05, 0) is 24.6 Å². The SMILES string of the molecule is C[C@H](N)c1cccc(S(N)(=O)=O)c1.Cl. The van der Waals surface area contributed by atoms with Crippen LogP contribution in [0.25, 0.3) is 0 Å². The molecule has 0 bridgehead atoms. The van der Waals surface area contributed by atoms with Crippen LogP contribution < -0.4 is 10.9 Å². The molecular weight excluding hydrogens is 224 g/mol. The lowest BCUT2D eigenvalue weighted by molar-refractivity contribution is 0.597. The number of nitrogens with two attached hydrogens (primary N) is 2. The maximum Gasteiger partial charge on any atom is 0.238 e. The molecule has 0 aliphatic carbocycles. The second-order valence-corrected chi connectivity index (χ2v) is 4.47. The molecule has 0 saturated carbocycles. The van der Waals surface area contributed by atoms with Crippen molar-refractivity contribution in [2.75, 3.05) is 0 Å². The molecule has 4 nitrogen and oxygen atoms in total. The molecule has 1 aromatic rings. The van der Waals surface area contributed by atoms with Crippen molar-refractivity contribution >= 4 is 22.4 Å². The Labute approximate surface area is 89.8 Å². The fourth-order valence-electron chi connectivity index (χ4n) is 0.975. The summed E-state index contributed by atoms with van der Waals surface area (Å²) in [6.07, 6.45) is 0. The lowest BCUT2D eigenvalue weighted by Crippen LogP contribution is -2.13. The number of primary sulfonamides is 1. The van der Waals surface area contributed by atoms with Crippen molar-refractivity contribution in [1.82, 2.24) is 0 Å². The zero-order chi connectivity index (χ0) is 10.1. The smallest absolute Gasteiger partial charge is 0.238 e. The molecule has 0 aliphatic rings. The van der Waals surface area contributed by atoms with Gasteiger partial charge < -0.3 is 5.73 Å². The first-order valence-electron chi connectivity index (χ1n) is 3.79. The van der Waals surface area contributed by atoms with E-state index in [1.165, 1.54) is 12.1 Å². The average Bonchev–Trinajstić information content (AvgIpc) is 2.03. The highest BCUT2D eigenvalue weighted by Gasteiger charge is 2.08. The van der Waals surface area contributed by atoms with E-state index < -0.39 is 10.0 Å². The predicted octanol–water partition coefficient (Wildman–Crippen LogP) is 0.776. The minimum Gasteiger partial charge on any atom is -0.324 e. The van der Waals surface area contributed by atoms with Crippen LogP contribution in [0.1, 0.15) is 18.5 Å². The Bertz CT molecular complexity index is 404. The fourth-order valence-corrected chi connectivity index (χ4v) is 1.54. The summed E-state index contributed by atoms with van der Waals surface area (Å²) in [4.78, 5) is 0.0994. The quantitative estimate of drug-likeness (QED) is 0.796. The fraction of sp³-hybridized carbons (Fsp3) is 0.250. The topological polar surface area (TPSA) is 86.2 Å². The van der Waals surface area contributed by atoms with Crippen molar-refractivity contribution in [3.8, 4) is 0 Å². The first kappa shape index (κ1) is 13.4. The molecule has 0 spiro atoms. The van der Waals surface area contributed by atoms with Crippen molar-refractivity contribution in [3.05, 3.63) is 29.8 Å². The van der Waals surface area contributed by atoms with E-state index in [-0.39, 0.29) is 23.3 Å². The molecule has 0 fully saturated rings. The van der Waals surface area contributed by atoms with Gasteiger partial charge in [-0.15, -0.1) is 12.4 Å². The highest BCUT2D eigenvalue weighted by molar-refractivity contribution is 7.89. The van der Waals surface area contributed by atoms with Crippen LogP contribution in [0.15, 0.2) is 29.2 Å². The van der Waals surface area contributed by atoms with Gasteiger partial charge in [0, 0.05) is 6.04 Å². The van der Waals surface area contributed by atoms with Gasteiger partial charge in [-0.3, -0.25) is 0 Å². The Kier molecular flexibility index (Phi) is 4.54. The predicted molar refractivity (Wildman–Crippen MR) is 57.7 cm³/mol. The largest absolute Gasteiger partial charge is 0.324 e. The summed E-state index contributed by atoms with van der Waals surface area (Å²) in [5.74, 6) is 0.